The van der Waals surface area contributed by atoms with Gasteiger partial charge in [0.1, 0.15) is 11.6 Å². The fourth-order valence-corrected chi connectivity index (χ4v) is 5.66. The van der Waals surface area contributed by atoms with Crippen LogP contribution in [0.1, 0.15) is 24.5 Å². The molecule has 2 aliphatic rings. The van der Waals surface area contributed by atoms with Gasteiger partial charge in [-0.1, -0.05) is 11.8 Å². The number of amidine groups is 1. The summed E-state index contributed by atoms with van der Waals surface area (Å²) in [7, 11) is 0. The van der Waals surface area contributed by atoms with Gasteiger partial charge in [0.25, 0.3) is 6.43 Å². The molecule has 3 aromatic rings. The lowest BCUT2D eigenvalue weighted by molar-refractivity contribution is 0.123. The second-order valence-corrected chi connectivity index (χ2v) is 9.35. The number of aromatic nitrogens is 3. The van der Waals surface area contributed by atoms with E-state index in [0.29, 0.717) is 28.0 Å². The van der Waals surface area contributed by atoms with Crippen LogP contribution >= 0.6 is 11.8 Å². The van der Waals surface area contributed by atoms with Crippen molar-refractivity contribution < 1.29 is 13.2 Å². The van der Waals surface area contributed by atoms with Gasteiger partial charge >= 0.3 is 0 Å². The first-order chi connectivity index (χ1) is 15.3. The number of pyridine rings is 3. The molecule has 3 aromatic heterocycles. The van der Waals surface area contributed by atoms with Crippen molar-refractivity contribution in [3.8, 4) is 6.07 Å². The molecule has 0 saturated heterocycles. The number of nitrogens with two attached hydrogens (primary N) is 1. The molecule has 0 spiro atoms. The van der Waals surface area contributed by atoms with Gasteiger partial charge in [0.15, 0.2) is 11.0 Å². The highest BCUT2D eigenvalue weighted by Gasteiger charge is 2.71. The van der Waals surface area contributed by atoms with Crippen molar-refractivity contribution in [3.63, 3.8) is 0 Å². The van der Waals surface area contributed by atoms with Gasteiger partial charge in [-0.05, 0) is 31.5 Å². The molecule has 0 bridgehead atoms. The Morgan fingerprint density at radius 3 is 2.84 bits per heavy atom. The van der Waals surface area contributed by atoms with Crippen LogP contribution in [0.25, 0.3) is 10.9 Å². The van der Waals surface area contributed by atoms with Gasteiger partial charge in [-0.15, -0.1) is 0 Å². The second kappa shape index (κ2) is 7.06. The number of aliphatic imine (C=N–C) groups is 1. The maximum absolute atomic E-state index is 14.8. The number of nitriles is 1. The largest absolute Gasteiger partial charge is 0.378 e. The molecule has 7 nitrogen and oxygen atoms in total. The van der Waals surface area contributed by atoms with Crippen molar-refractivity contribution in [2.45, 2.75) is 30.1 Å². The third kappa shape index (κ3) is 3.05. The first kappa shape index (κ1) is 20.5. The van der Waals surface area contributed by atoms with Gasteiger partial charge < -0.3 is 11.1 Å². The Morgan fingerprint density at radius 2 is 2.09 bits per heavy atom. The first-order valence-corrected chi connectivity index (χ1v) is 10.5. The molecule has 5 rings (SSSR count). The lowest BCUT2D eigenvalue weighted by Crippen LogP contribution is -2.39. The van der Waals surface area contributed by atoms with E-state index in [4.69, 9.17) is 11.0 Å². The quantitative estimate of drug-likeness (QED) is 0.570. The standard InChI is InChI=1S/C21H16F3N7S/c1-20(14-6-21(14,18(23)24)32-19(26)31-20)13-5-12(9-29-16(13)22)30-17-15-11(2-3-27-17)4-10(7-25)8-28-15/h2-5,8-9,14,18H,6H2,1H3,(H2,26,31)(H,27,30)/t14-,20+,21-/m0/s1. The normalized spacial score (nSPS) is 26.4. The fourth-order valence-electron chi connectivity index (χ4n) is 4.33. The van der Waals surface area contributed by atoms with Crippen LogP contribution in [0.15, 0.2) is 41.8 Å². The molecular formula is C21H16F3N7S. The molecule has 1 fully saturated rings. The summed E-state index contributed by atoms with van der Waals surface area (Å²) in [4.78, 5) is 16.8. The van der Waals surface area contributed by atoms with Gasteiger partial charge in [-0.3, -0.25) is 9.98 Å². The molecule has 4 heterocycles. The Kier molecular flexibility index (Phi) is 4.53. The summed E-state index contributed by atoms with van der Waals surface area (Å²) in [6, 6.07) is 6.93. The molecule has 3 atom stereocenters. The van der Waals surface area contributed by atoms with Gasteiger partial charge in [-0.2, -0.15) is 9.65 Å². The van der Waals surface area contributed by atoms with E-state index in [1.807, 2.05) is 6.07 Å². The van der Waals surface area contributed by atoms with Crippen LogP contribution in [0, 0.1) is 23.2 Å². The number of nitrogens with one attached hydrogen (secondary N) is 1. The van der Waals surface area contributed by atoms with E-state index in [1.165, 1.54) is 18.5 Å². The van der Waals surface area contributed by atoms with Gasteiger partial charge in [-0.25, -0.2) is 18.7 Å². The monoisotopic (exact) mass is 455 g/mol. The van der Waals surface area contributed by atoms with Gasteiger partial charge in [0.2, 0.25) is 5.95 Å². The highest BCUT2D eigenvalue weighted by Crippen LogP contribution is 2.68. The first-order valence-electron chi connectivity index (χ1n) is 9.67. The second-order valence-electron chi connectivity index (χ2n) is 7.97. The van der Waals surface area contributed by atoms with Crippen LogP contribution in [0.5, 0.6) is 0 Å². The molecule has 3 N–H and O–H groups in total. The minimum atomic E-state index is -2.60. The topological polar surface area (TPSA) is 113 Å². The third-order valence-corrected chi connectivity index (χ3v) is 7.32. The summed E-state index contributed by atoms with van der Waals surface area (Å²) < 4.78 is 41.0. The number of hydrogen-bond acceptors (Lipinski definition) is 8. The summed E-state index contributed by atoms with van der Waals surface area (Å²) in [5, 5.41) is 12.8. The smallest absolute Gasteiger partial charge is 0.253 e. The zero-order valence-electron chi connectivity index (χ0n) is 16.7. The zero-order chi connectivity index (χ0) is 22.7. The van der Waals surface area contributed by atoms with Crippen LogP contribution in [0.2, 0.25) is 0 Å². The summed E-state index contributed by atoms with van der Waals surface area (Å²) in [5.74, 6) is -0.980. The van der Waals surface area contributed by atoms with Crippen LogP contribution in [0.3, 0.4) is 0 Å². The third-order valence-electron chi connectivity index (χ3n) is 6.01. The Hall–Kier alpha value is -3.39. The molecule has 0 amide bonds. The molecule has 0 radical (unpaired) electrons. The molecule has 162 valence electrons. The van der Waals surface area contributed by atoms with Crippen molar-refractivity contribution in [1.82, 2.24) is 15.0 Å². The predicted molar refractivity (Wildman–Crippen MR) is 115 cm³/mol. The number of hydrogen-bond donors (Lipinski definition) is 2. The summed E-state index contributed by atoms with van der Waals surface area (Å²) in [6.45, 7) is 1.61. The number of alkyl halides is 2. The summed E-state index contributed by atoms with van der Waals surface area (Å²) in [6.07, 6.45) is 1.84. The molecule has 1 saturated carbocycles. The van der Waals surface area contributed by atoms with Crippen LogP contribution in [-0.2, 0) is 5.54 Å². The fraction of sp³-hybridized carbons (Fsp3) is 0.286. The lowest BCUT2D eigenvalue weighted by Gasteiger charge is -2.33. The van der Waals surface area contributed by atoms with Gasteiger partial charge in [0, 0.05) is 29.3 Å². The van der Waals surface area contributed by atoms with Crippen molar-refractivity contribution in [2.75, 3.05) is 5.32 Å². The van der Waals surface area contributed by atoms with Crippen molar-refractivity contribution in [2.24, 2.45) is 16.6 Å². The van der Waals surface area contributed by atoms with E-state index in [0.717, 1.165) is 11.8 Å². The Balaban J connectivity index is 1.54. The predicted octanol–water partition coefficient (Wildman–Crippen LogP) is 4.08. The number of halogens is 3. The van der Waals surface area contributed by atoms with Crippen molar-refractivity contribution in [3.05, 3.63) is 53.9 Å². The highest BCUT2D eigenvalue weighted by molar-refractivity contribution is 8.15. The summed E-state index contributed by atoms with van der Waals surface area (Å²) >= 11 is 0.863. The van der Waals surface area contributed by atoms with Crippen LogP contribution in [0.4, 0.5) is 24.7 Å². The van der Waals surface area contributed by atoms with Crippen molar-refractivity contribution in [1.29, 1.82) is 5.26 Å². The molecule has 1 aliphatic heterocycles. The average Bonchev–Trinajstić information content (AvgIpc) is 3.52. The van der Waals surface area contributed by atoms with E-state index < -0.39 is 28.6 Å². The summed E-state index contributed by atoms with van der Waals surface area (Å²) in [5.41, 5.74) is 5.99. The number of rotatable bonds is 4. The Bertz CT molecular complexity index is 1320. The highest BCUT2D eigenvalue weighted by atomic mass is 32.2. The molecule has 1 aliphatic carbocycles. The van der Waals surface area contributed by atoms with E-state index in [1.54, 1.807) is 25.3 Å². The van der Waals surface area contributed by atoms with E-state index in [9.17, 15) is 13.2 Å². The van der Waals surface area contributed by atoms with E-state index in [-0.39, 0.29) is 17.2 Å². The molecule has 32 heavy (non-hydrogen) atoms. The minimum Gasteiger partial charge on any atom is -0.378 e. The maximum Gasteiger partial charge on any atom is 0.253 e. The minimum absolute atomic E-state index is 0.00697. The number of nitrogens with zero attached hydrogens (tertiary/aromatic N) is 5. The Labute approximate surface area is 185 Å². The maximum atomic E-state index is 14.8. The van der Waals surface area contributed by atoms with E-state index >= 15 is 0 Å². The lowest BCUT2D eigenvalue weighted by atomic mass is 9.86. The average molecular weight is 455 g/mol. The molecule has 0 unspecified atom stereocenters. The number of anilines is 2. The Morgan fingerprint density at radius 1 is 1.28 bits per heavy atom. The van der Waals surface area contributed by atoms with Crippen LogP contribution in [-0.4, -0.2) is 31.3 Å². The van der Waals surface area contributed by atoms with E-state index in [2.05, 4.69) is 25.3 Å². The molecule has 11 heteroatoms. The van der Waals surface area contributed by atoms with Crippen molar-refractivity contribution >= 4 is 39.3 Å². The zero-order valence-corrected chi connectivity index (χ0v) is 17.5. The number of thioether (sulfide) groups is 1. The number of fused-ring (bicyclic) bond motifs is 2. The molecule has 0 aromatic carbocycles. The SMILES string of the molecule is C[C@]1(c2cc(Nc3nccc4cc(C#N)cnc34)cnc2F)N=C(N)S[C@@]2(C(F)F)C[C@@H]12. The van der Waals surface area contributed by atoms with Crippen LogP contribution < -0.4 is 11.1 Å². The van der Waals surface area contributed by atoms with Gasteiger partial charge in [0.05, 0.1) is 27.7 Å². The molecular weight excluding hydrogens is 439 g/mol.